The van der Waals surface area contributed by atoms with Crippen LogP contribution in [0, 0.1) is 5.92 Å². The van der Waals surface area contributed by atoms with Gasteiger partial charge in [0.25, 0.3) is 0 Å². The van der Waals surface area contributed by atoms with Crippen LogP contribution in [0.1, 0.15) is 33.1 Å². The van der Waals surface area contributed by atoms with E-state index in [0.717, 1.165) is 12.8 Å². The molecule has 9 heteroatoms. The number of ether oxygens (including phenoxy) is 1. The van der Waals surface area contributed by atoms with E-state index in [9.17, 15) is 18.0 Å². The Bertz CT molecular complexity index is 1130. The molecule has 0 aromatic heterocycles. The van der Waals surface area contributed by atoms with Crippen LogP contribution in [0.5, 0.6) is 11.5 Å². The zero-order valence-electron chi connectivity index (χ0n) is 18.9. The van der Waals surface area contributed by atoms with Crippen LogP contribution in [-0.2, 0) is 19.6 Å². The summed E-state index contributed by atoms with van der Waals surface area (Å²) < 4.78 is 33.4. The highest BCUT2D eigenvalue weighted by Crippen LogP contribution is 2.35. The molecule has 2 fully saturated rings. The molecule has 2 aliphatic rings. The van der Waals surface area contributed by atoms with Gasteiger partial charge < -0.3 is 15.0 Å². The predicted molar refractivity (Wildman–Crippen MR) is 125 cm³/mol. The maximum atomic E-state index is 13.1. The van der Waals surface area contributed by atoms with E-state index >= 15 is 0 Å². The minimum Gasteiger partial charge on any atom is -0.455 e. The van der Waals surface area contributed by atoms with E-state index in [-0.39, 0.29) is 34.9 Å². The summed E-state index contributed by atoms with van der Waals surface area (Å²) in [5.41, 5.74) is 0.259. The van der Waals surface area contributed by atoms with E-state index in [1.165, 1.54) is 16.4 Å². The third kappa shape index (κ3) is 5.04. The van der Waals surface area contributed by atoms with Crippen LogP contribution in [0.4, 0.5) is 5.69 Å². The second-order valence-electron chi connectivity index (χ2n) is 8.33. The fraction of sp³-hybridized carbons (Fsp3) is 0.417. The Kier molecular flexibility index (Phi) is 6.71. The molecule has 2 aromatic rings. The Labute approximate surface area is 194 Å². The molecule has 33 heavy (non-hydrogen) atoms. The molecule has 1 heterocycles. The average Bonchev–Trinajstić information content (AvgIpc) is 3.57. The van der Waals surface area contributed by atoms with Gasteiger partial charge in [0.1, 0.15) is 5.75 Å². The number of benzene rings is 2. The summed E-state index contributed by atoms with van der Waals surface area (Å²) in [6.07, 6.45) is 2.13. The van der Waals surface area contributed by atoms with Crippen molar-refractivity contribution in [3.63, 3.8) is 0 Å². The van der Waals surface area contributed by atoms with Crippen molar-refractivity contribution >= 4 is 27.5 Å². The van der Waals surface area contributed by atoms with Gasteiger partial charge in [-0.25, -0.2) is 8.42 Å². The fourth-order valence-corrected chi connectivity index (χ4v) is 5.55. The Morgan fingerprint density at radius 2 is 1.82 bits per heavy atom. The van der Waals surface area contributed by atoms with E-state index in [2.05, 4.69) is 5.32 Å². The van der Waals surface area contributed by atoms with Gasteiger partial charge in [-0.1, -0.05) is 32.0 Å². The molecule has 2 aromatic carbocycles. The maximum Gasteiger partial charge on any atom is 0.243 e. The van der Waals surface area contributed by atoms with Crippen molar-refractivity contribution in [1.82, 2.24) is 9.21 Å². The normalized spacial score (nSPS) is 18.6. The Balaban J connectivity index is 1.62. The van der Waals surface area contributed by atoms with Crippen LogP contribution in [0.15, 0.2) is 53.4 Å². The number of rotatable bonds is 9. The number of nitrogens with zero attached hydrogens (tertiary/aromatic N) is 2. The van der Waals surface area contributed by atoms with E-state index < -0.39 is 15.9 Å². The highest BCUT2D eigenvalue weighted by atomic mass is 32.2. The van der Waals surface area contributed by atoms with E-state index in [4.69, 9.17) is 4.74 Å². The minimum atomic E-state index is -3.72. The Morgan fingerprint density at radius 3 is 2.45 bits per heavy atom. The lowest BCUT2D eigenvalue weighted by atomic mass is 10.1. The molecule has 1 N–H and O–H groups in total. The molecule has 1 saturated carbocycles. The first-order valence-corrected chi connectivity index (χ1v) is 12.7. The van der Waals surface area contributed by atoms with Gasteiger partial charge in [-0.2, -0.15) is 4.31 Å². The summed E-state index contributed by atoms with van der Waals surface area (Å²) in [6.45, 7) is 4.62. The van der Waals surface area contributed by atoms with Crippen LogP contribution in [0.25, 0.3) is 0 Å². The lowest BCUT2D eigenvalue weighted by molar-refractivity contribution is -0.128. The number of hydrogen-bond donors (Lipinski definition) is 1. The first-order valence-electron chi connectivity index (χ1n) is 11.3. The van der Waals surface area contributed by atoms with Gasteiger partial charge in [0.2, 0.25) is 21.8 Å². The van der Waals surface area contributed by atoms with Crippen molar-refractivity contribution in [2.75, 3.05) is 25.0 Å². The van der Waals surface area contributed by atoms with Gasteiger partial charge in [-0.05, 0) is 43.2 Å². The summed E-state index contributed by atoms with van der Waals surface area (Å²) in [4.78, 5) is 27.2. The molecule has 1 saturated heterocycles. The second kappa shape index (κ2) is 9.52. The first-order chi connectivity index (χ1) is 15.8. The lowest BCUT2D eigenvalue weighted by Crippen LogP contribution is -2.31. The number of carbonyl (C=O) groups is 2. The van der Waals surface area contributed by atoms with Gasteiger partial charge in [0.15, 0.2) is 5.75 Å². The molecular formula is C24H29N3O5S. The summed E-state index contributed by atoms with van der Waals surface area (Å²) in [7, 11) is -3.72. The Hall–Kier alpha value is -2.91. The first kappa shape index (κ1) is 23.3. The van der Waals surface area contributed by atoms with Crippen LogP contribution in [-0.4, -0.2) is 55.1 Å². The predicted octanol–water partition coefficient (Wildman–Crippen LogP) is 3.46. The number of sulfonamides is 1. The third-order valence-corrected chi connectivity index (χ3v) is 8.09. The SMILES string of the molecule is CCN(CC)S(=O)(=O)c1ccc(Oc2ccccc2)c(NC(=O)C2CC(=O)N(C3CC3)C2)c1. The summed E-state index contributed by atoms with van der Waals surface area (Å²) in [5, 5.41) is 2.83. The molecule has 1 unspecified atom stereocenters. The average molecular weight is 472 g/mol. The van der Waals surface area contributed by atoms with Crippen LogP contribution >= 0.6 is 0 Å². The van der Waals surface area contributed by atoms with E-state index in [1.54, 1.807) is 36.9 Å². The summed E-state index contributed by atoms with van der Waals surface area (Å²) in [6, 6.07) is 13.8. The number of anilines is 1. The molecular weight excluding hydrogens is 442 g/mol. The van der Waals surface area contributed by atoms with Gasteiger partial charge in [0, 0.05) is 32.1 Å². The second-order valence-corrected chi connectivity index (χ2v) is 10.3. The molecule has 0 radical (unpaired) electrons. The molecule has 0 spiro atoms. The molecule has 1 aliphatic carbocycles. The lowest BCUT2D eigenvalue weighted by Gasteiger charge is -2.20. The van der Waals surface area contributed by atoms with Gasteiger partial charge in [0.05, 0.1) is 16.5 Å². The molecule has 2 amide bonds. The molecule has 0 bridgehead atoms. The van der Waals surface area contributed by atoms with Gasteiger partial charge >= 0.3 is 0 Å². The summed E-state index contributed by atoms with van der Waals surface area (Å²) in [5.74, 6) is 0.0866. The highest BCUT2D eigenvalue weighted by molar-refractivity contribution is 7.89. The highest BCUT2D eigenvalue weighted by Gasteiger charge is 2.42. The Morgan fingerprint density at radius 1 is 1.12 bits per heavy atom. The van der Waals surface area contributed by atoms with Crippen LogP contribution in [0.3, 0.4) is 0 Å². The quantitative estimate of drug-likeness (QED) is 0.604. The fourth-order valence-electron chi connectivity index (χ4n) is 4.07. The van der Waals surface area contributed by atoms with Crippen LogP contribution < -0.4 is 10.1 Å². The van der Waals surface area contributed by atoms with E-state index in [0.29, 0.717) is 31.1 Å². The molecule has 176 valence electrons. The third-order valence-electron chi connectivity index (χ3n) is 6.04. The topological polar surface area (TPSA) is 96.0 Å². The smallest absolute Gasteiger partial charge is 0.243 e. The molecule has 4 rings (SSSR count). The number of likely N-dealkylation sites (tertiary alicyclic amines) is 1. The van der Waals surface area contributed by atoms with Crippen molar-refractivity contribution in [3.8, 4) is 11.5 Å². The monoisotopic (exact) mass is 471 g/mol. The molecule has 1 aliphatic heterocycles. The minimum absolute atomic E-state index is 0.00345. The maximum absolute atomic E-state index is 13.1. The van der Waals surface area contributed by atoms with Crippen molar-refractivity contribution < 1.29 is 22.7 Å². The van der Waals surface area contributed by atoms with Crippen LogP contribution in [0.2, 0.25) is 0 Å². The summed E-state index contributed by atoms with van der Waals surface area (Å²) >= 11 is 0. The molecule has 1 atom stereocenters. The number of nitrogens with one attached hydrogen (secondary N) is 1. The van der Waals surface area contributed by atoms with Gasteiger partial charge in [-0.3, -0.25) is 9.59 Å². The van der Waals surface area contributed by atoms with Crippen molar-refractivity contribution in [1.29, 1.82) is 0 Å². The zero-order valence-corrected chi connectivity index (χ0v) is 19.7. The number of hydrogen-bond acceptors (Lipinski definition) is 5. The van der Waals surface area contributed by atoms with Gasteiger partial charge in [-0.15, -0.1) is 0 Å². The van der Waals surface area contributed by atoms with Crippen molar-refractivity contribution in [3.05, 3.63) is 48.5 Å². The number of carbonyl (C=O) groups excluding carboxylic acids is 2. The van der Waals surface area contributed by atoms with Crippen molar-refractivity contribution in [2.45, 2.75) is 44.0 Å². The zero-order chi connectivity index (χ0) is 23.6. The van der Waals surface area contributed by atoms with E-state index in [1.807, 2.05) is 18.2 Å². The largest absolute Gasteiger partial charge is 0.455 e. The number of amides is 2. The molecule has 8 nitrogen and oxygen atoms in total. The van der Waals surface area contributed by atoms with Crippen molar-refractivity contribution in [2.24, 2.45) is 5.92 Å². The standard InChI is InChI=1S/C24H29N3O5S/c1-3-26(4-2)33(30,31)20-12-13-22(32-19-8-6-5-7-9-19)21(15-20)25-24(29)17-14-23(28)27(16-17)18-10-11-18/h5-9,12-13,15,17-18H,3-4,10-11,14,16H2,1-2H3,(H,25,29). The number of para-hydroxylation sites is 1.